The van der Waals surface area contributed by atoms with E-state index >= 15 is 0 Å². The Kier molecular flexibility index (Phi) is 4.66. The lowest BCUT2D eigenvalue weighted by Crippen LogP contribution is -2.26. The molecule has 0 bridgehead atoms. The summed E-state index contributed by atoms with van der Waals surface area (Å²) < 4.78 is 5.70. The highest BCUT2D eigenvalue weighted by atomic mass is 79.9. The Bertz CT molecular complexity index is 658. The van der Waals surface area contributed by atoms with Crippen LogP contribution in [0.5, 0.6) is 0 Å². The zero-order chi connectivity index (χ0) is 15.6. The number of halogens is 1. The number of rotatable bonds is 5. The largest absolute Gasteiger partial charge is 0.334 e. The van der Waals surface area contributed by atoms with Crippen molar-refractivity contribution in [3.63, 3.8) is 0 Å². The summed E-state index contributed by atoms with van der Waals surface area (Å²) in [6.45, 7) is 0.567. The molecule has 0 radical (unpaired) electrons. The van der Waals surface area contributed by atoms with E-state index in [9.17, 15) is 10.1 Å². The molecule has 112 valence electrons. The zero-order valence-electron chi connectivity index (χ0n) is 11.5. The lowest BCUT2D eigenvalue weighted by atomic mass is 10.2. The van der Waals surface area contributed by atoms with Crippen molar-refractivity contribution in [1.82, 2.24) is 15.0 Å². The van der Waals surface area contributed by atoms with Gasteiger partial charge in [0.1, 0.15) is 0 Å². The van der Waals surface area contributed by atoms with Crippen LogP contribution in [-0.4, -0.2) is 40.6 Å². The van der Waals surface area contributed by atoms with E-state index in [0.717, 1.165) is 0 Å². The maximum atomic E-state index is 10.9. The predicted molar refractivity (Wildman–Crippen MR) is 79.6 cm³/mol. The van der Waals surface area contributed by atoms with Gasteiger partial charge in [0.2, 0.25) is 0 Å². The number of nitrogens with two attached hydrogens (primary N) is 1. The molecule has 1 aromatic heterocycles. The summed E-state index contributed by atoms with van der Waals surface area (Å²) in [4.78, 5) is 16.5. The quantitative estimate of drug-likeness (QED) is 0.644. The third-order valence-corrected chi connectivity index (χ3v) is 3.13. The molecule has 0 fully saturated rings. The Hall–Kier alpha value is -1.84. The summed E-state index contributed by atoms with van der Waals surface area (Å²) in [5.74, 6) is 0.560. The minimum atomic E-state index is -0.483. The fourth-order valence-corrected chi connectivity index (χ4v) is 2.26. The molecule has 8 nitrogen and oxygen atoms in total. The van der Waals surface area contributed by atoms with Crippen LogP contribution in [0.2, 0.25) is 0 Å². The van der Waals surface area contributed by atoms with Gasteiger partial charge in [-0.1, -0.05) is 21.1 Å². The Morgan fingerprint density at radius 2 is 2.19 bits per heavy atom. The summed E-state index contributed by atoms with van der Waals surface area (Å²) in [5.41, 5.74) is 6.36. The van der Waals surface area contributed by atoms with Crippen molar-refractivity contribution >= 4 is 21.6 Å². The van der Waals surface area contributed by atoms with Gasteiger partial charge in [-0.3, -0.25) is 10.1 Å². The third kappa shape index (κ3) is 3.84. The van der Waals surface area contributed by atoms with E-state index in [1.54, 1.807) is 6.07 Å². The number of hydrogen-bond donors (Lipinski definition) is 1. The van der Waals surface area contributed by atoms with E-state index in [0.29, 0.717) is 22.4 Å². The number of nitro benzene ring substituents is 1. The highest BCUT2D eigenvalue weighted by Crippen LogP contribution is 2.28. The molecule has 0 spiro atoms. The average molecular weight is 356 g/mol. The molecule has 0 aliphatic carbocycles. The minimum absolute atomic E-state index is 0.0586. The van der Waals surface area contributed by atoms with Crippen LogP contribution in [-0.2, 0) is 0 Å². The molecule has 0 aliphatic rings. The normalized spacial score (nSPS) is 12.6. The molecule has 2 N–H and O–H groups in total. The third-order valence-electron chi connectivity index (χ3n) is 2.68. The lowest BCUT2D eigenvalue weighted by molar-refractivity contribution is -0.384. The molecular formula is C12H14BrN5O3. The Morgan fingerprint density at radius 1 is 1.48 bits per heavy atom. The van der Waals surface area contributed by atoms with E-state index in [4.69, 9.17) is 10.3 Å². The van der Waals surface area contributed by atoms with E-state index in [-0.39, 0.29) is 17.6 Å². The maximum absolute atomic E-state index is 10.9. The molecule has 21 heavy (non-hydrogen) atoms. The number of non-ortho nitro benzene ring substituents is 1. The van der Waals surface area contributed by atoms with Crippen LogP contribution in [0.15, 0.2) is 27.2 Å². The van der Waals surface area contributed by atoms with Gasteiger partial charge in [-0.15, -0.1) is 0 Å². The molecule has 1 atom stereocenters. The second-order valence-electron chi connectivity index (χ2n) is 4.78. The molecular weight excluding hydrogens is 342 g/mol. The number of aromatic nitrogens is 2. The summed E-state index contributed by atoms with van der Waals surface area (Å²) in [5, 5.41) is 14.7. The summed E-state index contributed by atoms with van der Waals surface area (Å²) >= 11 is 3.22. The van der Waals surface area contributed by atoms with Crippen LogP contribution >= 0.6 is 15.9 Å². The Morgan fingerprint density at radius 3 is 2.81 bits per heavy atom. The average Bonchev–Trinajstić information content (AvgIpc) is 2.86. The topological polar surface area (TPSA) is 111 Å². The van der Waals surface area contributed by atoms with Gasteiger partial charge in [-0.25, -0.2) is 0 Å². The number of hydrogen-bond acceptors (Lipinski definition) is 7. The van der Waals surface area contributed by atoms with Crippen LogP contribution in [0.25, 0.3) is 11.5 Å². The number of benzene rings is 1. The summed E-state index contributed by atoms with van der Waals surface area (Å²) in [6.07, 6.45) is 0. The van der Waals surface area contributed by atoms with Gasteiger partial charge in [0.15, 0.2) is 5.82 Å². The van der Waals surface area contributed by atoms with Gasteiger partial charge in [0, 0.05) is 28.7 Å². The molecule has 2 aromatic rings. The maximum Gasteiger partial charge on any atom is 0.271 e. The molecule has 0 amide bonds. The van der Waals surface area contributed by atoms with E-state index in [1.165, 1.54) is 12.1 Å². The smallest absolute Gasteiger partial charge is 0.271 e. The summed E-state index contributed by atoms with van der Waals surface area (Å²) in [6, 6.07) is 4.06. The van der Waals surface area contributed by atoms with Crippen LogP contribution < -0.4 is 5.73 Å². The standard InChI is InChI=1S/C12H14BrN5O3/c1-17(2)6-10(14)11-15-12(21-16-11)7-3-8(13)5-9(4-7)18(19)20/h3-5,10H,6,14H2,1-2H3. The van der Waals surface area contributed by atoms with Crippen LogP contribution in [0.4, 0.5) is 5.69 Å². The fourth-order valence-electron chi connectivity index (χ4n) is 1.78. The SMILES string of the molecule is CN(C)CC(N)c1noc(-c2cc(Br)cc([N+](=O)[O-])c2)n1. The molecule has 0 saturated heterocycles. The van der Waals surface area contributed by atoms with Gasteiger partial charge in [0.05, 0.1) is 11.0 Å². The van der Waals surface area contributed by atoms with Gasteiger partial charge in [-0.05, 0) is 20.2 Å². The van der Waals surface area contributed by atoms with Crippen molar-refractivity contribution in [2.45, 2.75) is 6.04 Å². The second-order valence-corrected chi connectivity index (χ2v) is 5.70. The molecule has 2 rings (SSSR count). The van der Waals surface area contributed by atoms with Gasteiger partial charge >= 0.3 is 0 Å². The van der Waals surface area contributed by atoms with Crippen LogP contribution in [0.3, 0.4) is 0 Å². The number of nitrogens with zero attached hydrogens (tertiary/aromatic N) is 4. The van der Waals surface area contributed by atoms with Crippen molar-refractivity contribution in [2.75, 3.05) is 20.6 Å². The van der Waals surface area contributed by atoms with Gasteiger partial charge in [0.25, 0.3) is 11.6 Å². The van der Waals surface area contributed by atoms with Crippen molar-refractivity contribution in [1.29, 1.82) is 0 Å². The predicted octanol–water partition coefficient (Wildman–Crippen LogP) is 1.97. The fraction of sp³-hybridized carbons (Fsp3) is 0.333. The first-order chi connectivity index (χ1) is 9.86. The monoisotopic (exact) mass is 355 g/mol. The number of likely N-dealkylation sites (N-methyl/N-ethyl adjacent to an activating group) is 1. The second kappa shape index (κ2) is 6.29. The molecule has 1 unspecified atom stereocenters. The molecule has 0 aliphatic heterocycles. The first kappa shape index (κ1) is 15.5. The van der Waals surface area contributed by atoms with Crippen molar-refractivity contribution in [2.24, 2.45) is 5.73 Å². The zero-order valence-corrected chi connectivity index (χ0v) is 13.1. The Labute approximate surface area is 129 Å². The van der Waals surface area contributed by atoms with E-state index in [2.05, 4.69) is 26.1 Å². The van der Waals surface area contributed by atoms with E-state index < -0.39 is 4.92 Å². The highest BCUT2D eigenvalue weighted by molar-refractivity contribution is 9.10. The van der Waals surface area contributed by atoms with Gasteiger partial charge in [-0.2, -0.15) is 4.98 Å². The van der Waals surface area contributed by atoms with Crippen molar-refractivity contribution in [3.8, 4) is 11.5 Å². The molecule has 0 saturated carbocycles. The van der Waals surface area contributed by atoms with Crippen LogP contribution in [0, 0.1) is 10.1 Å². The van der Waals surface area contributed by atoms with Crippen LogP contribution in [0.1, 0.15) is 11.9 Å². The Balaban J connectivity index is 2.31. The minimum Gasteiger partial charge on any atom is -0.334 e. The number of nitro groups is 1. The summed E-state index contributed by atoms with van der Waals surface area (Å²) in [7, 11) is 3.77. The molecule has 1 heterocycles. The molecule has 1 aromatic carbocycles. The molecule has 9 heteroatoms. The highest BCUT2D eigenvalue weighted by Gasteiger charge is 2.18. The lowest BCUT2D eigenvalue weighted by Gasteiger charge is -2.12. The van der Waals surface area contributed by atoms with E-state index in [1.807, 2.05) is 19.0 Å². The van der Waals surface area contributed by atoms with Crippen molar-refractivity contribution < 1.29 is 9.45 Å². The van der Waals surface area contributed by atoms with Crippen molar-refractivity contribution in [3.05, 3.63) is 38.6 Å². The first-order valence-corrected chi connectivity index (χ1v) is 6.85. The van der Waals surface area contributed by atoms with Gasteiger partial charge < -0.3 is 15.2 Å². The first-order valence-electron chi connectivity index (χ1n) is 6.06.